The molecule has 3 heteroatoms. The molecule has 1 saturated carbocycles. The average Bonchev–Trinajstić information content (AvgIpc) is 2.73. The number of benzene rings is 4. The number of rotatable bonds is 2. The highest BCUT2D eigenvalue weighted by molar-refractivity contribution is 6.13. The molecule has 4 aromatic rings. The zero-order chi connectivity index (χ0) is 19.7. The van der Waals surface area contributed by atoms with Gasteiger partial charge in [-0.1, -0.05) is 66.7 Å². The summed E-state index contributed by atoms with van der Waals surface area (Å²) < 4.78 is 0. The van der Waals surface area contributed by atoms with Gasteiger partial charge in [0.1, 0.15) is 0 Å². The maximum Gasteiger partial charge on any atom is 0.307 e. The van der Waals surface area contributed by atoms with Gasteiger partial charge >= 0.3 is 5.97 Å². The van der Waals surface area contributed by atoms with Crippen molar-refractivity contribution >= 4 is 27.5 Å². The summed E-state index contributed by atoms with van der Waals surface area (Å²) in [5, 5.41) is 24.5. The first-order valence-electron chi connectivity index (χ1n) is 9.87. The van der Waals surface area contributed by atoms with E-state index in [2.05, 4.69) is 30.3 Å². The summed E-state index contributed by atoms with van der Waals surface area (Å²) in [6.45, 7) is 0. The Balaban J connectivity index is 1.75. The molecule has 0 heterocycles. The Morgan fingerprint density at radius 3 is 2.24 bits per heavy atom. The number of aliphatic carboxylic acids is 1. The topological polar surface area (TPSA) is 61.1 Å². The molecular formula is C26H17NO2. The molecule has 29 heavy (non-hydrogen) atoms. The van der Waals surface area contributed by atoms with Gasteiger partial charge in [0.2, 0.25) is 0 Å². The van der Waals surface area contributed by atoms with E-state index in [1.54, 1.807) is 0 Å². The van der Waals surface area contributed by atoms with Crippen LogP contribution in [0.3, 0.4) is 0 Å². The molecule has 1 fully saturated rings. The van der Waals surface area contributed by atoms with E-state index in [0.29, 0.717) is 5.56 Å². The summed E-state index contributed by atoms with van der Waals surface area (Å²) in [7, 11) is 0. The van der Waals surface area contributed by atoms with Gasteiger partial charge in [-0.05, 0) is 44.3 Å². The predicted octanol–water partition coefficient (Wildman–Crippen LogP) is 5.54. The second-order valence-electron chi connectivity index (χ2n) is 8.10. The molecule has 2 aliphatic carbocycles. The summed E-state index contributed by atoms with van der Waals surface area (Å²) >= 11 is 0. The lowest BCUT2D eigenvalue weighted by Gasteiger charge is -2.53. The number of hydrogen-bond acceptors (Lipinski definition) is 2. The highest BCUT2D eigenvalue weighted by Gasteiger charge is 2.58. The van der Waals surface area contributed by atoms with Gasteiger partial charge in [-0.15, -0.1) is 0 Å². The minimum Gasteiger partial charge on any atom is -0.481 e. The van der Waals surface area contributed by atoms with Gasteiger partial charge < -0.3 is 5.11 Å². The van der Waals surface area contributed by atoms with E-state index >= 15 is 0 Å². The van der Waals surface area contributed by atoms with Crippen molar-refractivity contribution in [1.29, 1.82) is 5.26 Å². The zero-order valence-electron chi connectivity index (χ0n) is 15.5. The Labute approximate surface area is 167 Å². The standard InChI is InChI=1S/C26H17NO2/c27-13-17-12-11-16-10-9-15-7-4-8-18-19(15)20(16)22(17)24-21(14-5-2-1-3-6-14)25(23(18)24)26(28)29/h1-12,21,23-25H,(H,28,29)/t21-,23+,24-,25-/m1/s1. The number of nitrogens with zero attached hydrogens (tertiary/aromatic N) is 1. The maximum absolute atomic E-state index is 12.4. The third-order valence-electron chi connectivity index (χ3n) is 6.93. The van der Waals surface area contributed by atoms with Gasteiger partial charge in [-0.25, -0.2) is 0 Å². The number of nitriles is 1. The lowest BCUT2D eigenvalue weighted by molar-refractivity contribution is -0.148. The Hall–Kier alpha value is -3.64. The van der Waals surface area contributed by atoms with E-state index in [0.717, 1.165) is 38.2 Å². The molecule has 4 aromatic carbocycles. The monoisotopic (exact) mass is 375 g/mol. The van der Waals surface area contributed by atoms with E-state index in [-0.39, 0.29) is 17.8 Å². The van der Waals surface area contributed by atoms with Gasteiger partial charge in [0, 0.05) is 17.8 Å². The summed E-state index contributed by atoms with van der Waals surface area (Å²) in [6.07, 6.45) is 0. The fraction of sp³-hybridized carbons (Fsp3) is 0.154. The summed E-state index contributed by atoms with van der Waals surface area (Å²) in [5.41, 5.74) is 3.85. The first kappa shape index (κ1) is 16.3. The van der Waals surface area contributed by atoms with E-state index < -0.39 is 11.9 Å². The van der Waals surface area contributed by atoms with Crippen molar-refractivity contribution in [3.05, 3.63) is 95.1 Å². The summed E-state index contributed by atoms with van der Waals surface area (Å²) in [4.78, 5) is 12.4. The number of hydrogen-bond donors (Lipinski definition) is 1. The first-order chi connectivity index (χ1) is 14.2. The molecule has 0 unspecified atom stereocenters. The molecule has 0 saturated heterocycles. The summed E-state index contributed by atoms with van der Waals surface area (Å²) in [6, 6.07) is 26.6. The Morgan fingerprint density at radius 2 is 1.52 bits per heavy atom. The lowest BCUT2D eigenvalue weighted by atomic mass is 9.48. The molecule has 2 aliphatic rings. The van der Waals surface area contributed by atoms with Crippen molar-refractivity contribution in [3.8, 4) is 6.07 Å². The predicted molar refractivity (Wildman–Crippen MR) is 112 cm³/mol. The van der Waals surface area contributed by atoms with Crippen molar-refractivity contribution in [1.82, 2.24) is 0 Å². The van der Waals surface area contributed by atoms with Gasteiger partial charge in [0.05, 0.1) is 17.6 Å². The lowest BCUT2D eigenvalue weighted by Crippen LogP contribution is -2.47. The average molecular weight is 375 g/mol. The van der Waals surface area contributed by atoms with Crippen LogP contribution in [0.2, 0.25) is 0 Å². The van der Waals surface area contributed by atoms with Crippen LogP contribution in [0.15, 0.2) is 72.8 Å². The molecule has 0 amide bonds. The molecule has 0 aliphatic heterocycles. The highest BCUT2D eigenvalue weighted by Crippen LogP contribution is 2.67. The third-order valence-corrected chi connectivity index (χ3v) is 6.93. The first-order valence-corrected chi connectivity index (χ1v) is 9.87. The van der Waals surface area contributed by atoms with Gasteiger partial charge in [-0.2, -0.15) is 5.26 Å². The van der Waals surface area contributed by atoms with Crippen LogP contribution in [0.25, 0.3) is 21.5 Å². The molecular weight excluding hydrogens is 358 g/mol. The SMILES string of the molecule is N#Cc1ccc2ccc3cccc4c3c2c1[C@@H]1[C@H]4[C@H](C(=O)O)[C@@H]1c1ccccc1. The zero-order valence-corrected chi connectivity index (χ0v) is 15.5. The van der Waals surface area contributed by atoms with Crippen molar-refractivity contribution < 1.29 is 9.90 Å². The van der Waals surface area contributed by atoms with Crippen molar-refractivity contribution in [3.63, 3.8) is 0 Å². The fourth-order valence-electron chi connectivity index (χ4n) is 5.86. The van der Waals surface area contributed by atoms with Crippen molar-refractivity contribution in [2.45, 2.75) is 17.8 Å². The molecule has 0 bridgehead atoms. The Bertz CT molecular complexity index is 1370. The van der Waals surface area contributed by atoms with Crippen molar-refractivity contribution in [2.75, 3.05) is 0 Å². The molecule has 0 spiro atoms. The van der Waals surface area contributed by atoms with Crippen LogP contribution in [-0.4, -0.2) is 11.1 Å². The van der Waals surface area contributed by atoms with Crippen LogP contribution in [0.1, 0.15) is 40.0 Å². The van der Waals surface area contributed by atoms with Crippen LogP contribution >= 0.6 is 0 Å². The van der Waals surface area contributed by atoms with E-state index in [1.165, 1.54) is 0 Å². The fourth-order valence-corrected chi connectivity index (χ4v) is 5.86. The quantitative estimate of drug-likeness (QED) is 0.468. The molecule has 138 valence electrons. The molecule has 1 N–H and O–H groups in total. The number of carboxylic acids is 1. The largest absolute Gasteiger partial charge is 0.481 e. The van der Waals surface area contributed by atoms with Crippen molar-refractivity contribution in [2.24, 2.45) is 5.92 Å². The van der Waals surface area contributed by atoms with Crippen LogP contribution in [0, 0.1) is 17.2 Å². The minimum absolute atomic E-state index is 0.00245. The number of fused-ring (bicyclic) bond motifs is 3. The van der Waals surface area contributed by atoms with Gasteiger partial charge in [0.25, 0.3) is 0 Å². The van der Waals surface area contributed by atoms with Crippen LogP contribution in [0.4, 0.5) is 0 Å². The smallest absolute Gasteiger partial charge is 0.307 e. The molecule has 0 aromatic heterocycles. The Morgan fingerprint density at radius 1 is 0.793 bits per heavy atom. The van der Waals surface area contributed by atoms with Crippen LogP contribution in [-0.2, 0) is 4.79 Å². The van der Waals surface area contributed by atoms with E-state index in [4.69, 9.17) is 0 Å². The third kappa shape index (κ3) is 1.98. The number of carbonyl (C=O) groups is 1. The Kier molecular flexibility index (Phi) is 3.20. The van der Waals surface area contributed by atoms with Crippen LogP contribution < -0.4 is 0 Å². The minimum atomic E-state index is -0.762. The van der Waals surface area contributed by atoms with Gasteiger partial charge in [0.15, 0.2) is 0 Å². The van der Waals surface area contributed by atoms with E-state index in [1.807, 2.05) is 48.5 Å². The summed E-state index contributed by atoms with van der Waals surface area (Å²) in [5.74, 6) is -1.52. The van der Waals surface area contributed by atoms with Gasteiger partial charge in [-0.3, -0.25) is 4.79 Å². The molecule has 3 nitrogen and oxygen atoms in total. The van der Waals surface area contributed by atoms with Crippen LogP contribution in [0.5, 0.6) is 0 Å². The van der Waals surface area contributed by atoms with E-state index in [9.17, 15) is 15.2 Å². The highest BCUT2D eigenvalue weighted by atomic mass is 16.4. The molecule has 0 radical (unpaired) electrons. The normalized spacial score (nSPS) is 24.1. The second kappa shape index (κ2) is 5.68. The molecule has 6 rings (SSSR count). The number of carboxylic acid groups (broad SMARTS) is 1. The maximum atomic E-state index is 12.4. The molecule has 4 atom stereocenters. The second-order valence-corrected chi connectivity index (χ2v) is 8.10.